The second-order valence-corrected chi connectivity index (χ2v) is 5.48. The molecule has 1 saturated carbocycles. The van der Waals surface area contributed by atoms with Crippen LogP contribution < -0.4 is 5.73 Å². The van der Waals surface area contributed by atoms with Crippen molar-refractivity contribution in [2.24, 2.45) is 5.92 Å². The molecule has 0 aliphatic heterocycles. The third-order valence-corrected chi connectivity index (χ3v) is 4.27. The molecule has 0 saturated heterocycles. The Morgan fingerprint density at radius 1 is 1.37 bits per heavy atom. The number of rotatable bonds is 3. The fourth-order valence-corrected chi connectivity index (χ4v) is 2.82. The maximum atomic E-state index is 12.3. The highest BCUT2D eigenvalue weighted by atomic mass is 16.2. The number of nitrogens with two attached hydrogens (primary N) is 1. The molecule has 1 fully saturated rings. The van der Waals surface area contributed by atoms with Crippen LogP contribution in [-0.2, 0) is 0 Å². The monoisotopic (exact) mass is 261 g/mol. The topological polar surface area (TPSA) is 59.2 Å². The number of carbonyl (C=O) groups is 1. The molecule has 1 aliphatic rings. The van der Waals surface area contributed by atoms with Crippen LogP contribution in [0.1, 0.15) is 49.5 Å². The average molecular weight is 261 g/mol. The number of aromatic nitrogens is 1. The van der Waals surface area contributed by atoms with E-state index in [9.17, 15) is 4.79 Å². The van der Waals surface area contributed by atoms with Gasteiger partial charge in [-0.2, -0.15) is 0 Å². The number of amides is 1. The molecule has 0 unspecified atom stereocenters. The fraction of sp³-hybridized carbons (Fsp3) is 0.600. The number of anilines is 1. The van der Waals surface area contributed by atoms with Crippen LogP contribution in [0.5, 0.6) is 0 Å². The first kappa shape index (κ1) is 13.8. The van der Waals surface area contributed by atoms with Gasteiger partial charge in [0, 0.05) is 13.1 Å². The SMILES string of the molecule is CCC1CCC(N(C)C(=O)c2ccc(N)cn2)CC1. The van der Waals surface area contributed by atoms with Gasteiger partial charge < -0.3 is 10.6 Å². The van der Waals surface area contributed by atoms with Crippen molar-refractivity contribution in [3.63, 3.8) is 0 Å². The molecule has 0 spiro atoms. The van der Waals surface area contributed by atoms with Crippen molar-refractivity contribution in [3.8, 4) is 0 Å². The highest BCUT2D eigenvalue weighted by Crippen LogP contribution is 2.29. The number of hydrogen-bond acceptors (Lipinski definition) is 3. The second kappa shape index (κ2) is 6.04. The van der Waals surface area contributed by atoms with Crippen molar-refractivity contribution < 1.29 is 4.79 Å². The molecule has 0 atom stereocenters. The molecule has 1 amide bonds. The summed E-state index contributed by atoms with van der Waals surface area (Å²) in [5.74, 6) is 0.842. The van der Waals surface area contributed by atoms with Crippen molar-refractivity contribution in [1.29, 1.82) is 0 Å². The minimum Gasteiger partial charge on any atom is -0.397 e. The first-order valence-corrected chi connectivity index (χ1v) is 7.10. The molecule has 2 rings (SSSR count). The standard InChI is InChI=1S/C15H23N3O/c1-3-11-4-7-13(8-5-11)18(2)15(19)14-9-6-12(16)10-17-14/h6,9-11,13H,3-5,7-8,16H2,1-2H3. The highest BCUT2D eigenvalue weighted by molar-refractivity contribution is 5.92. The summed E-state index contributed by atoms with van der Waals surface area (Å²) < 4.78 is 0. The minimum atomic E-state index is -0.0000477. The number of nitrogen functional groups attached to an aromatic ring is 1. The van der Waals surface area contributed by atoms with E-state index in [1.807, 2.05) is 11.9 Å². The van der Waals surface area contributed by atoms with E-state index in [1.165, 1.54) is 25.5 Å². The number of hydrogen-bond donors (Lipinski definition) is 1. The molecule has 104 valence electrons. The molecule has 1 aromatic heterocycles. The molecule has 0 aromatic carbocycles. The number of carbonyl (C=O) groups excluding carboxylic acids is 1. The third kappa shape index (κ3) is 3.25. The predicted molar refractivity (Wildman–Crippen MR) is 76.8 cm³/mol. The summed E-state index contributed by atoms with van der Waals surface area (Å²) in [5, 5.41) is 0. The summed E-state index contributed by atoms with van der Waals surface area (Å²) in [6, 6.07) is 3.78. The molecule has 1 heterocycles. The van der Waals surface area contributed by atoms with E-state index in [2.05, 4.69) is 11.9 Å². The molecule has 0 bridgehead atoms. The van der Waals surface area contributed by atoms with E-state index < -0.39 is 0 Å². The maximum absolute atomic E-state index is 12.3. The van der Waals surface area contributed by atoms with Gasteiger partial charge in [0.25, 0.3) is 5.91 Å². The van der Waals surface area contributed by atoms with Gasteiger partial charge in [0.1, 0.15) is 5.69 Å². The Morgan fingerprint density at radius 3 is 2.58 bits per heavy atom. The molecule has 2 N–H and O–H groups in total. The van der Waals surface area contributed by atoms with E-state index in [-0.39, 0.29) is 5.91 Å². The van der Waals surface area contributed by atoms with Crippen LogP contribution in [0.15, 0.2) is 18.3 Å². The Morgan fingerprint density at radius 2 is 2.05 bits per heavy atom. The Hall–Kier alpha value is -1.58. The zero-order chi connectivity index (χ0) is 13.8. The van der Waals surface area contributed by atoms with Crippen molar-refractivity contribution in [1.82, 2.24) is 9.88 Å². The van der Waals surface area contributed by atoms with E-state index in [4.69, 9.17) is 5.73 Å². The quantitative estimate of drug-likeness (QED) is 0.910. The van der Waals surface area contributed by atoms with Gasteiger partial charge in [-0.25, -0.2) is 4.98 Å². The third-order valence-electron chi connectivity index (χ3n) is 4.27. The normalized spacial score (nSPS) is 23.1. The van der Waals surface area contributed by atoms with E-state index in [0.717, 1.165) is 18.8 Å². The van der Waals surface area contributed by atoms with Gasteiger partial charge in [0.05, 0.1) is 11.9 Å². The molecule has 19 heavy (non-hydrogen) atoms. The highest BCUT2D eigenvalue weighted by Gasteiger charge is 2.26. The van der Waals surface area contributed by atoms with E-state index in [1.54, 1.807) is 12.1 Å². The fourth-order valence-electron chi connectivity index (χ4n) is 2.82. The van der Waals surface area contributed by atoms with Crippen LogP contribution in [0.2, 0.25) is 0 Å². The smallest absolute Gasteiger partial charge is 0.272 e. The zero-order valence-corrected chi connectivity index (χ0v) is 11.8. The first-order chi connectivity index (χ1) is 9.11. The van der Waals surface area contributed by atoms with Gasteiger partial charge in [-0.1, -0.05) is 13.3 Å². The summed E-state index contributed by atoms with van der Waals surface area (Å²) >= 11 is 0. The lowest BCUT2D eigenvalue weighted by Crippen LogP contribution is -2.39. The summed E-state index contributed by atoms with van der Waals surface area (Å²) in [4.78, 5) is 18.3. The van der Waals surface area contributed by atoms with Gasteiger partial charge in [-0.15, -0.1) is 0 Å². The Kier molecular flexibility index (Phi) is 4.40. The molecule has 4 nitrogen and oxygen atoms in total. The van der Waals surface area contributed by atoms with Gasteiger partial charge in [0.15, 0.2) is 0 Å². The second-order valence-electron chi connectivity index (χ2n) is 5.48. The molecule has 1 aromatic rings. The minimum absolute atomic E-state index is 0.0000477. The molecule has 0 radical (unpaired) electrons. The van der Waals surface area contributed by atoms with E-state index >= 15 is 0 Å². The van der Waals surface area contributed by atoms with Crippen molar-refractivity contribution in [2.75, 3.05) is 12.8 Å². The molecular formula is C15H23N3O. The summed E-state index contributed by atoms with van der Waals surface area (Å²) in [6.45, 7) is 2.25. The van der Waals surface area contributed by atoms with Gasteiger partial charge >= 0.3 is 0 Å². The summed E-state index contributed by atoms with van der Waals surface area (Å²) in [7, 11) is 1.89. The Bertz CT molecular complexity index is 422. The van der Waals surface area contributed by atoms with Crippen LogP contribution in [0.4, 0.5) is 5.69 Å². The maximum Gasteiger partial charge on any atom is 0.272 e. The molecular weight excluding hydrogens is 238 g/mol. The largest absolute Gasteiger partial charge is 0.397 e. The van der Waals surface area contributed by atoms with Crippen LogP contribution in [0.25, 0.3) is 0 Å². The van der Waals surface area contributed by atoms with Crippen LogP contribution >= 0.6 is 0 Å². The van der Waals surface area contributed by atoms with Crippen LogP contribution in [-0.4, -0.2) is 28.9 Å². The predicted octanol–water partition coefficient (Wildman–Crippen LogP) is 2.70. The Labute approximate surface area is 115 Å². The molecule has 4 heteroatoms. The summed E-state index contributed by atoms with van der Waals surface area (Å²) in [6.07, 6.45) is 7.46. The van der Waals surface area contributed by atoms with Crippen molar-refractivity contribution >= 4 is 11.6 Å². The molecule has 1 aliphatic carbocycles. The lowest BCUT2D eigenvalue weighted by atomic mass is 9.84. The number of pyridine rings is 1. The summed E-state index contributed by atoms with van der Waals surface area (Å²) in [5.41, 5.74) is 6.66. The average Bonchev–Trinajstić information content (AvgIpc) is 2.46. The van der Waals surface area contributed by atoms with Crippen molar-refractivity contribution in [2.45, 2.75) is 45.1 Å². The van der Waals surface area contributed by atoms with E-state index in [0.29, 0.717) is 17.4 Å². The first-order valence-electron chi connectivity index (χ1n) is 7.10. The lowest BCUT2D eigenvalue weighted by Gasteiger charge is -2.34. The number of nitrogens with zero attached hydrogens (tertiary/aromatic N) is 2. The van der Waals surface area contributed by atoms with Gasteiger partial charge in [-0.05, 0) is 43.7 Å². The van der Waals surface area contributed by atoms with Crippen molar-refractivity contribution in [3.05, 3.63) is 24.0 Å². The lowest BCUT2D eigenvalue weighted by molar-refractivity contribution is 0.0669. The van der Waals surface area contributed by atoms with Crippen LogP contribution in [0.3, 0.4) is 0 Å². The van der Waals surface area contributed by atoms with Crippen LogP contribution in [0, 0.1) is 5.92 Å². The van der Waals surface area contributed by atoms with Gasteiger partial charge in [-0.3, -0.25) is 4.79 Å². The Balaban J connectivity index is 1.98. The zero-order valence-electron chi connectivity index (χ0n) is 11.8. The van der Waals surface area contributed by atoms with Gasteiger partial charge in [0.2, 0.25) is 0 Å².